The van der Waals surface area contributed by atoms with Gasteiger partial charge in [-0.25, -0.2) is 0 Å². The molecule has 0 unspecified atom stereocenters. The predicted molar refractivity (Wildman–Crippen MR) is 71.1 cm³/mol. The predicted octanol–water partition coefficient (Wildman–Crippen LogP) is 1.81. The molecule has 0 spiro atoms. The monoisotopic (exact) mass is 259 g/mol. The van der Waals surface area contributed by atoms with Gasteiger partial charge in [-0.3, -0.25) is 9.59 Å². The molecular formula is C15H17NO3. The number of amides is 1. The number of methoxy groups -OCH3 is 1. The number of hydrogen-bond donors (Lipinski definition) is 1. The number of esters is 1. The van der Waals surface area contributed by atoms with Crippen molar-refractivity contribution in [2.45, 2.75) is 19.4 Å². The molecule has 0 bridgehead atoms. The third-order valence-corrected chi connectivity index (χ3v) is 3.24. The summed E-state index contributed by atoms with van der Waals surface area (Å²) in [6.07, 6.45) is 3.22. The van der Waals surface area contributed by atoms with Crippen LogP contribution in [-0.2, 0) is 20.9 Å². The second-order valence-corrected chi connectivity index (χ2v) is 4.48. The summed E-state index contributed by atoms with van der Waals surface area (Å²) in [4.78, 5) is 23.6. The molecule has 0 fully saturated rings. The number of hydrogen-bond acceptors (Lipinski definition) is 3. The van der Waals surface area contributed by atoms with Crippen molar-refractivity contribution < 1.29 is 14.3 Å². The molecule has 1 aliphatic carbocycles. The standard InChI is InChI=1S/C15H17NO3/c1-19-15(18)13-9-5-8-12(13)14(17)16-10-11-6-3-2-4-7-11/h2-4,6-8,13H,5,9-10H2,1H3,(H,16,17)/t13-/m1/s1. The number of nitrogens with one attached hydrogen (secondary N) is 1. The molecule has 0 saturated heterocycles. The maximum atomic E-state index is 12.1. The lowest BCUT2D eigenvalue weighted by molar-refractivity contribution is -0.144. The van der Waals surface area contributed by atoms with E-state index in [9.17, 15) is 9.59 Å². The van der Waals surface area contributed by atoms with Crippen molar-refractivity contribution in [1.82, 2.24) is 5.32 Å². The summed E-state index contributed by atoms with van der Waals surface area (Å²) in [6, 6.07) is 9.67. The first-order valence-corrected chi connectivity index (χ1v) is 6.32. The molecule has 1 N–H and O–H groups in total. The van der Waals surface area contributed by atoms with E-state index >= 15 is 0 Å². The van der Waals surface area contributed by atoms with Crippen LogP contribution in [0.4, 0.5) is 0 Å². The van der Waals surface area contributed by atoms with E-state index in [0.717, 1.165) is 12.0 Å². The average molecular weight is 259 g/mol. The lowest BCUT2D eigenvalue weighted by Gasteiger charge is -2.12. The quantitative estimate of drug-likeness (QED) is 0.839. The zero-order chi connectivity index (χ0) is 13.7. The van der Waals surface area contributed by atoms with E-state index in [1.54, 1.807) is 0 Å². The van der Waals surface area contributed by atoms with Crippen molar-refractivity contribution in [3.8, 4) is 0 Å². The average Bonchev–Trinajstić information content (AvgIpc) is 2.94. The van der Waals surface area contributed by atoms with Crippen molar-refractivity contribution in [3.63, 3.8) is 0 Å². The van der Waals surface area contributed by atoms with Crippen molar-refractivity contribution >= 4 is 11.9 Å². The fraction of sp³-hybridized carbons (Fsp3) is 0.333. The van der Waals surface area contributed by atoms with Crippen LogP contribution >= 0.6 is 0 Å². The molecule has 0 aromatic heterocycles. The van der Waals surface area contributed by atoms with Gasteiger partial charge >= 0.3 is 5.97 Å². The molecule has 1 aliphatic rings. The maximum Gasteiger partial charge on any atom is 0.313 e. The van der Waals surface area contributed by atoms with Gasteiger partial charge in [0.1, 0.15) is 0 Å². The Morgan fingerprint density at radius 2 is 2.05 bits per heavy atom. The van der Waals surface area contributed by atoms with Crippen molar-refractivity contribution in [3.05, 3.63) is 47.5 Å². The first kappa shape index (κ1) is 13.3. The van der Waals surface area contributed by atoms with E-state index < -0.39 is 5.92 Å². The minimum atomic E-state index is -0.416. The van der Waals surface area contributed by atoms with Gasteiger partial charge in [0, 0.05) is 12.1 Å². The summed E-state index contributed by atoms with van der Waals surface area (Å²) in [5, 5.41) is 2.83. The third-order valence-electron chi connectivity index (χ3n) is 3.24. The van der Waals surface area contributed by atoms with Gasteiger partial charge in [0.2, 0.25) is 5.91 Å². The van der Waals surface area contributed by atoms with Gasteiger partial charge < -0.3 is 10.1 Å². The highest BCUT2D eigenvalue weighted by molar-refractivity contribution is 5.99. The Kier molecular flexibility index (Phi) is 4.34. The lowest BCUT2D eigenvalue weighted by atomic mass is 10.0. The Balaban J connectivity index is 1.95. The highest BCUT2D eigenvalue weighted by Gasteiger charge is 2.31. The van der Waals surface area contributed by atoms with E-state index in [4.69, 9.17) is 4.74 Å². The molecular weight excluding hydrogens is 242 g/mol. The molecule has 0 radical (unpaired) electrons. The molecule has 2 rings (SSSR count). The zero-order valence-corrected chi connectivity index (χ0v) is 10.9. The zero-order valence-electron chi connectivity index (χ0n) is 10.9. The van der Waals surface area contributed by atoms with Crippen LogP contribution in [-0.4, -0.2) is 19.0 Å². The summed E-state index contributed by atoms with van der Waals surface area (Å²) >= 11 is 0. The van der Waals surface area contributed by atoms with E-state index in [0.29, 0.717) is 18.5 Å². The lowest BCUT2D eigenvalue weighted by Crippen LogP contribution is -2.29. The van der Waals surface area contributed by atoms with Gasteiger partial charge in [0.05, 0.1) is 13.0 Å². The van der Waals surface area contributed by atoms with Gasteiger partial charge in [-0.2, -0.15) is 0 Å². The number of benzene rings is 1. The van der Waals surface area contributed by atoms with E-state index in [-0.39, 0.29) is 11.9 Å². The summed E-state index contributed by atoms with van der Waals surface area (Å²) in [6.45, 7) is 0.463. The first-order valence-electron chi connectivity index (χ1n) is 6.32. The van der Waals surface area contributed by atoms with Crippen LogP contribution in [0.1, 0.15) is 18.4 Å². The fourth-order valence-electron chi connectivity index (χ4n) is 2.22. The van der Waals surface area contributed by atoms with Crippen LogP contribution in [0.25, 0.3) is 0 Å². The number of rotatable bonds is 4. The van der Waals surface area contributed by atoms with Crippen molar-refractivity contribution in [2.24, 2.45) is 5.92 Å². The number of carbonyl (C=O) groups is 2. The Labute approximate surface area is 112 Å². The summed E-state index contributed by atoms with van der Waals surface area (Å²) in [7, 11) is 1.35. The molecule has 100 valence electrons. The minimum Gasteiger partial charge on any atom is -0.469 e. The number of ether oxygens (including phenoxy) is 1. The molecule has 1 aromatic rings. The van der Waals surface area contributed by atoms with Crippen LogP contribution in [0.2, 0.25) is 0 Å². The summed E-state index contributed by atoms with van der Waals surface area (Å²) in [5.74, 6) is -0.934. The number of carbonyl (C=O) groups excluding carboxylic acids is 2. The van der Waals surface area contributed by atoms with Crippen LogP contribution in [0.15, 0.2) is 42.0 Å². The second kappa shape index (κ2) is 6.18. The Morgan fingerprint density at radius 3 is 2.74 bits per heavy atom. The van der Waals surface area contributed by atoms with Crippen LogP contribution in [0.5, 0.6) is 0 Å². The molecule has 0 aliphatic heterocycles. The molecule has 4 heteroatoms. The third kappa shape index (κ3) is 3.22. The van der Waals surface area contributed by atoms with Gasteiger partial charge in [-0.05, 0) is 18.4 Å². The van der Waals surface area contributed by atoms with Gasteiger partial charge in [-0.1, -0.05) is 36.4 Å². The highest BCUT2D eigenvalue weighted by atomic mass is 16.5. The smallest absolute Gasteiger partial charge is 0.313 e. The fourth-order valence-corrected chi connectivity index (χ4v) is 2.22. The van der Waals surface area contributed by atoms with E-state index in [2.05, 4.69) is 5.32 Å². The summed E-state index contributed by atoms with van der Waals surface area (Å²) in [5.41, 5.74) is 1.56. The molecule has 1 atom stereocenters. The van der Waals surface area contributed by atoms with Gasteiger partial charge in [0.15, 0.2) is 0 Å². The Morgan fingerprint density at radius 1 is 1.32 bits per heavy atom. The van der Waals surface area contributed by atoms with Crippen LogP contribution in [0, 0.1) is 5.92 Å². The number of allylic oxidation sites excluding steroid dienone is 1. The highest BCUT2D eigenvalue weighted by Crippen LogP contribution is 2.27. The first-order chi connectivity index (χ1) is 9.22. The van der Waals surface area contributed by atoms with E-state index in [1.807, 2.05) is 36.4 Å². The van der Waals surface area contributed by atoms with Gasteiger partial charge in [-0.15, -0.1) is 0 Å². The second-order valence-electron chi connectivity index (χ2n) is 4.48. The minimum absolute atomic E-state index is 0.184. The molecule has 0 saturated carbocycles. The largest absolute Gasteiger partial charge is 0.469 e. The maximum absolute atomic E-state index is 12.1. The molecule has 19 heavy (non-hydrogen) atoms. The van der Waals surface area contributed by atoms with Crippen molar-refractivity contribution in [1.29, 1.82) is 0 Å². The molecule has 1 aromatic carbocycles. The van der Waals surface area contributed by atoms with E-state index in [1.165, 1.54) is 7.11 Å². The Bertz CT molecular complexity index is 493. The summed E-state index contributed by atoms with van der Waals surface area (Å²) < 4.78 is 4.72. The van der Waals surface area contributed by atoms with Crippen molar-refractivity contribution in [2.75, 3.05) is 7.11 Å². The SMILES string of the molecule is COC(=O)[C@@H]1CCC=C1C(=O)NCc1ccccc1. The Hall–Kier alpha value is -2.10. The van der Waals surface area contributed by atoms with Crippen LogP contribution < -0.4 is 5.32 Å². The molecule has 0 heterocycles. The molecule has 1 amide bonds. The van der Waals surface area contributed by atoms with Gasteiger partial charge in [0.25, 0.3) is 0 Å². The molecule has 4 nitrogen and oxygen atoms in total. The van der Waals surface area contributed by atoms with Crippen LogP contribution in [0.3, 0.4) is 0 Å². The topological polar surface area (TPSA) is 55.4 Å². The normalized spacial score (nSPS) is 17.7.